The van der Waals surface area contributed by atoms with E-state index in [1.54, 1.807) is 0 Å². The minimum Gasteiger partial charge on any atom is -0.461 e. The average molecular weight is 606 g/mol. The number of nitrogens with zero attached hydrogens (tertiary/aromatic N) is 1. The van der Waals surface area contributed by atoms with Crippen molar-refractivity contribution < 1.29 is 8.83 Å². The highest BCUT2D eigenvalue weighted by Gasteiger charge is 2.23. The van der Waals surface area contributed by atoms with Crippen molar-refractivity contribution in [2.75, 3.05) is 0 Å². The Morgan fingerprint density at radius 3 is 2.13 bits per heavy atom. The lowest BCUT2D eigenvalue weighted by Crippen LogP contribution is -1.94. The number of para-hydroxylation sites is 2. The molecule has 3 heteroatoms. The second kappa shape index (κ2) is 10.5. The van der Waals surface area contributed by atoms with Gasteiger partial charge < -0.3 is 13.4 Å². The fourth-order valence-electron chi connectivity index (χ4n) is 7.10. The minimum atomic E-state index is 0.875. The molecule has 0 spiro atoms. The molecule has 0 aliphatic heterocycles. The van der Waals surface area contributed by atoms with Crippen molar-refractivity contribution in [2.45, 2.75) is 13.8 Å². The first-order valence-electron chi connectivity index (χ1n) is 16.0. The fraction of sp³-hybridized carbons (Fsp3) is 0.0455. The van der Waals surface area contributed by atoms with Crippen molar-refractivity contribution in [2.24, 2.45) is 0 Å². The van der Waals surface area contributed by atoms with Crippen molar-refractivity contribution in [1.82, 2.24) is 4.57 Å². The first-order valence-corrected chi connectivity index (χ1v) is 16.0. The van der Waals surface area contributed by atoms with Crippen LogP contribution in [-0.4, -0.2) is 4.57 Å². The van der Waals surface area contributed by atoms with E-state index in [9.17, 15) is 0 Å². The summed E-state index contributed by atoms with van der Waals surface area (Å²) in [5.74, 6) is 0.895. The standard InChI is InChI=1S/C44H31NO2/c1-27(2)17-23-33-28(3)46-41-24-20-31(25-37(33)41)36-26-38-34-13-8-10-16-40(34)47-44(38)43-42(36)35-14-7-9-15-39(35)45(43)32-21-18-30(19-22-32)29-11-5-4-6-12-29/h4-26H,1H2,2-3H3/b23-17-. The van der Waals surface area contributed by atoms with Crippen LogP contribution in [0.15, 0.2) is 154 Å². The number of benzene rings is 6. The van der Waals surface area contributed by atoms with Crippen LogP contribution in [0.5, 0.6) is 0 Å². The van der Waals surface area contributed by atoms with E-state index in [1.807, 2.05) is 26.0 Å². The molecule has 9 aromatic rings. The molecule has 0 saturated heterocycles. The molecule has 0 amide bonds. The van der Waals surface area contributed by atoms with E-state index in [0.29, 0.717) is 0 Å². The van der Waals surface area contributed by atoms with Gasteiger partial charge in [-0.1, -0.05) is 109 Å². The Kier molecular flexibility index (Phi) is 6.09. The highest BCUT2D eigenvalue weighted by molar-refractivity contribution is 6.26. The quantitative estimate of drug-likeness (QED) is 0.183. The van der Waals surface area contributed by atoms with Crippen LogP contribution in [0.1, 0.15) is 18.2 Å². The zero-order chi connectivity index (χ0) is 31.6. The molecule has 6 aromatic carbocycles. The highest BCUT2D eigenvalue weighted by Crippen LogP contribution is 2.46. The van der Waals surface area contributed by atoms with Crippen LogP contribution in [0, 0.1) is 6.92 Å². The monoisotopic (exact) mass is 605 g/mol. The molecule has 9 rings (SSSR count). The first kappa shape index (κ1) is 27.3. The molecule has 0 atom stereocenters. The molecule has 0 N–H and O–H groups in total. The number of aromatic nitrogens is 1. The third-order valence-corrected chi connectivity index (χ3v) is 9.27. The third-order valence-electron chi connectivity index (χ3n) is 9.27. The van der Waals surface area contributed by atoms with Crippen molar-refractivity contribution >= 4 is 60.8 Å². The van der Waals surface area contributed by atoms with E-state index in [-0.39, 0.29) is 0 Å². The predicted molar refractivity (Wildman–Crippen MR) is 197 cm³/mol. The summed E-state index contributed by atoms with van der Waals surface area (Å²) in [6, 6.07) is 45.3. The second-order valence-electron chi connectivity index (χ2n) is 12.4. The summed E-state index contributed by atoms with van der Waals surface area (Å²) >= 11 is 0. The molecule has 47 heavy (non-hydrogen) atoms. The second-order valence-corrected chi connectivity index (χ2v) is 12.4. The van der Waals surface area contributed by atoms with E-state index in [2.05, 4.69) is 139 Å². The lowest BCUT2D eigenvalue weighted by Gasteiger charge is -2.11. The Hall–Kier alpha value is -6.06. The number of hydrogen-bond donors (Lipinski definition) is 0. The number of furan rings is 2. The molecular weight excluding hydrogens is 574 g/mol. The summed E-state index contributed by atoms with van der Waals surface area (Å²) in [5.41, 5.74) is 12.7. The summed E-state index contributed by atoms with van der Waals surface area (Å²) in [6.07, 6.45) is 4.16. The van der Waals surface area contributed by atoms with Crippen molar-refractivity contribution in [3.8, 4) is 27.9 Å². The fourth-order valence-corrected chi connectivity index (χ4v) is 7.10. The van der Waals surface area contributed by atoms with Gasteiger partial charge in [-0.3, -0.25) is 0 Å². The number of rotatable bonds is 5. The molecule has 0 saturated carbocycles. The van der Waals surface area contributed by atoms with Gasteiger partial charge in [-0.25, -0.2) is 0 Å². The summed E-state index contributed by atoms with van der Waals surface area (Å²) < 4.78 is 15.3. The topological polar surface area (TPSA) is 31.2 Å². The minimum absolute atomic E-state index is 0.875. The van der Waals surface area contributed by atoms with Gasteiger partial charge in [-0.2, -0.15) is 0 Å². The van der Waals surface area contributed by atoms with Crippen LogP contribution < -0.4 is 0 Å². The predicted octanol–water partition coefficient (Wildman–Crippen LogP) is 12.7. The Bertz CT molecular complexity index is 2700. The smallest absolute Gasteiger partial charge is 0.160 e. The largest absolute Gasteiger partial charge is 0.461 e. The Morgan fingerprint density at radius 2 is 1.32 bits per heavy atom. The van der Waals surface area contributed by atoms with Crippen LogP contribution in [0.4, 0.5) is 0 Å². The van der Waals surface area contributed by atoms with Crippen LogP contribution in [-0.2, 0) is 0 Å². The average Bonchev–Trinajstić information content (AvgIpc) is 3.76. The van der Waals surface area contributed by atoms with Crippen LogP contribution >= 0.6 is 0 Å². The van der Waals surface area contributed by atoms with Gasteiger partial charge in [0.05, 0.1) is 11.0 Å². The van der Waals surface area contributed by atoms with Gasteiger partial charge in [0, 0.05) is 38.2 Å². The normalized spacial score (nSPS) is 12.0. The van der Waals surface area contributed by atoms with Crippen LogP contribution in [0.3, 0.4) is 0 Å². The van der Waals surface area contributed by atoms with Gasteiger partial charge in [0.1, 0.15) is 16.9 Å². The molecule has 0 bridgehead atoms. The van der Waals surface area contributed by atoms with Crippen LogP contribution in [0.25, 0.3) is 88.7 Å². The molecule has 3 aromatic heterocycles. The highest BCUT2D eigenvalue weighted by atomic mass is 16.3. The number of aryl methyl sites for hydroxylation is 1. The van der Waals surface area contributed by atoms with Gasteiger partial charge in [0.15, 0.2) is 5.58 Å². The molecule has 0 aliphatic rings. The first-order chi connectivity index (χ1) is 23.0. The number of fused-ring (bicyclic) bond motifs is 8. The zero-order valence-electron chi connectivity index (χ0n) is 26.2. The van der Waals surface area contributed by atoms with E-state index >= 15 is 0 Å². The molecule has 224 valence electrons. The van der Waals surface area contributed by atoms with E-state index in [4.69, 9.17) is 8.83 Å². The maximum atomic E-state index is 6.74. The zero-order valence-corrected chi connectivity index (χ0v) is 26.2. The van der Waals surface area contributed by atoms with Gasteiger partial charge in [-0.05, 0) is 78.6 Å². The lowest BCUT2D eigenvalue weighted by molar-refractivity contribution is 0.577. The lowest BCUT2D eigenvalue weighted by atomic mass is 9.95. The summed E-state index contributed by atoms with van der Waals surface area (Å²) in [4.78, 5) is 0. The maximum Gasteiger partial charge on any atom is 0.160 e. The van der Waals surface area contributed by atoms with E-state index < -0.39 is 0 Å². The summed E-state index contributed by atoms with van der Waals surface area (Å²) in [5, 5.41) is 5.63. The van der Waals surface area contributed by atoms with Crippen LogP contribution in [0.2, 0.25) is 0 Å². The Labute approximate surface area is 272 Å². The SMILES string of the molecule is C=C(C)/C=C\c1c(C)oc2ccc(-c3cc4c5ccccc5oc4c4c3c3ccccc3n4-c3ccc(-c4ccccc4)cc3)cc12. The Balaban J connectivity index is 1.38. The molecule has 0 radical (unpaired) electrons. The van der Waals surface area contributed by atoms with Gasteiger partial charge in [0.25, 0.3) is 0 Å². The van der Waals surface area contributed by atoms with Crippen molar-refractivity contribution in [3.63, 3.8) is 0 Å². The van der Waals surface area contributed by atoms with E-state index in [0.717, 1.165) is 83.0 Å². The molecule has 0 fully saturated rings. The van der Waals surface area contributed by atoms with Gasteiger partial charge >= 0.3 is 0 Å². The van der Waals surface area contributed by atoms with Gasteiger partial charge in [0.2, 0.25) is 0 Å². The Morgan fingerprint density at radius 1 is 0.638 bits per heavy atom. The number of allylic oxidation sites excluding steroid dienone is 2. The maximum absolute atomic E-state index is 6.74. The third kappa shape index (κ3) is 4.28. The number of hydrogen-bond acceptors (Lipinski definition) is 2. The molecule has 3 nitrogen and oxygen atoms in total. The molecular formula is C44H31NO2. The molecule has 3 heterocycles. The summed E-state index contributed by atoms with van der Waals surface area (Å²) in [7, 11) is 0. The van der Waals surface area contributed by atoms with Gasteiger partial charge in [-0.15, -0.1) is 0 Å². The summed E-state index contributed by atoms with van der Waals surface area (Å²) in [6.45, 7) is 8.09. The van der Waals surface area contributed by atoms with Crippen molar-refractivity contribution in [3.05, 3.63) is 157 Å². The molecule has 0 unspecified atom stereocenters. The van der Waals surface area contributed by atoms with Crippen molar-refractivity contribution in [1.29, 1.82) is 0 Å². The molecule has 0 aliphatic carbocycles. The van der Waals surface area contributed by atoms with E-state index in [1.165, 1.54) is 16.5 Å².